The number of nitrogens with one attached hydrogen (secondary N) is 1. The number of amides is 2. The van der Waals surface area contributed by atoms with Crippen molar-refractivity contribution in [3.8, 4) is 0 Å². The summed E-state index contributed by atoms with van der Waals surface area (Å²) in [7, 11) is -2.03. The third kappa shape index (κ3) is 3.73. The molecule has 0 spiro atoms. The molecule has 1 aliphatic carbocycles. The molecule has 2 aliphatic heterocycles. The Morgan fingerprint density at radius 3 is 2.79 bits per heavy atom. The molecule has 0 aromatic rings. The molecule has 3 rings (SSSR count). The van der Waals surface area contributed by atoms with Crippen molar-refractivity contribution in [2.45, 2.75) is 37.8 Å². The van der Waals surface area contributed by atoms with Crippen molar-refractivity contribution in [1.29, 1.82) is 0 Å². The van der Waals surface area contributed by atoms with Crippen molar-refractivity contribution in [2.75, 3.05) is 39.1 Å². The van der Waals surface area contributed by atoms with Crippen molar-refractivity contribution >= 4 is 21.8 Å². The van der Waals surface area contributed by atoms with Gasteiger partial charge in [-0.25, -0.2) is 12.7 Å². The first kappa shape index (κ1) is 17.6. The van der Waals surface area contributed by atoms with Crippen LogP contribution in [0.1, 0.15) is 25.7 Å². The standard InChI is InChI=1S/C15H25N3O5S/c1-23-7-2-5-18-15(20)13-9-12(16-14(19)11-3-4-11)10-17(13)6-8-24(18,21)22/h11-13H,2-10H2,1H3,(H,16,19)/t12-,13-/m0/s1. The van der Waals surface area contributed by atoms with Crippen LogP contribution in [0, 0.1) is 5.92 Å². The Labute approximate surface area is 142 Å². The van der Waals surface area contributed by atoms with Crippen LogP contribution in [-0.2, 0) is 24.3 Å². The van der Waals surface area contributed by atoms with Crippen LogP contribution in [0.4, 0.5) is 0 Å². The number of sulfonamides is 1. The van der Waals surface area contributed by atoms with E-state index in [4.69, 9.17) is 4.74 Å². The zero-order chi connectivity index (χ0) is 17.3. The van der Waals surface area contributed by atoms with Gasteiger partial charge in [0.1, 0.15) is 0 Å². The van der Waals surface area contributed by atoms with Crippen LogP contribution in [0.25, 0.3) is 0 Å². The van der Waals surface area contributed by atoms with Gasteiger partial charge in [0.2, 0.25) is 15.9 Å². The van der Waals surface area contributed by atoms with Crippen molar-refractivity contribution in [3.05, 3.63) is 0 Å². The monoisotopic (exact) mass is 359 g/mol. The number of ether oxygens (including phenoxy) is 1. The summed E-state index contributed by atoms with van der Waals surface area (Å²) in [5.74, 6) is -0.237. The third-order valence-corrected chi connectivity index (χ3v) is 6.64. The van der Waals surface area contributed by atoms with Gasteiger partial charge in [-0.15, -0.1) is 0 Å². The van der Waals surface area contributed by atoms with Gasteiger partial charge in [0, 0.05) is 45.3 Å². The molecule has 1 saturated carbocycles. The van der Waals surface area contributed by atoms with Gasteiger partial charge < -0.3 is 10.1 Å². The zero-order valence-electron chi connectivity index (χ0n) is 13.9. The fraction of sp³-hybridized carbons (Fsp3) is 0.867. The van der Waals surface area contributed by atoms with Crippen molar-refractivity contribution < 1.29 is 22.7 Å². The number of carbonyl (C=O) groups excluding carboxylic acids is 2. The first-order valence-electron chi connectivity index (χ1n) is 8.50. The molecule has 2 saturated heterocycles. The molecule has 3 fully saturated rings. The average molecular weight is 359 g/mol. The summed E-state index contributed by atoms with van der Waals surface area (Å²) in [5.41, 5.74) is 0. The van der Waals surface area contributed by atoms with E-state index in [-0.39, 0.29) is 36.1 Å². The molecule has 2 amide bonds. The predicted molar refractivity (Wildman–Crippen MR) is 86.6 cm³/mol. The number of hydrogen-bond donors (Lipinski definition) is 1. The summed E-state index contributed by atoms with van der Waals surface area (Å²) >= 11 is 0. The molecule has 0 aromatic heterocycles. The number of nitrogens with zero attached hydrogens (tertiary/aromatic N) is 2. The Bertz CT molecular complexity index is 604. The molecule has 136 valence electrons. The first-order chi connectivity index (χ1) is 11.4. The summed E-state index contributed by atoms with van der Waals surface area (Å²) in [6, 6.07) is -0.539. The molecule has 0 bridgehead atoms. The average Bonchev–Trinajstić information content (AvgIpc) is 3.31. The van der Waals surface area contributed by atoms with Crippen molar-refractivity contribution in [1.82, 2.24) is 14.5 Å². The minimum Gasteiger partial charge on any atom is -0.385 e. The predicted octanol–water partition coefficient (Wildman–Crippen LogP) is -0.836. The van der Waals surface area contributed by atoms with Crippen molar-refractivity contribution in [3.63, 3.8) is 0 Å². The Morgan fingerprint density at radius 1 is 1.38 bits per heavy atom. The van der Waals surface area contributed by atoms with Gasteiger partial charge >= 0.3 is 0 Å². The van der Waals surface area contributed by atoms with E-state index in [0.29, 0.717) is 32.5 Å². The molecule has 0 aromatic carbocycles. The van der Waals surface area contributed by atoms with Gasteiger partial charge in [-0.05, 0) is 25.7 Å². The second-order valence-electron chi connectivity index (χ2n) is 6.80. The summed E-state index contributed by atoms with van der Waals surface area (Å²) < 4.78 is 30.7. The maximum atomic E-state index is 12.8. The molecule has 9 heteroatoms. The van der Waals surface area contributed by atoms with Crippen LogP contribution >= 0.6 is 0 Å². The van der Waals surface area contributed by atoms with Gasteiger partial charge in [0.05, 0.1) is 11.8 Å². The van der Waals surface area contributed by atoms with E-state index in [1.165, 1.54) is 0 Å². The first-order valence-corrected chi connectivity index (χ1v) is 10.1. The second kappa shape index (κ2) is 6.97. The Balaban J connectivity index is 1.66. The van der Waals surface area contributed by atoms with Gasteiger partial charge in [-0.1, -0.05) is 0 Å². The summed E-state index contributed by atoms with van der Waals surface area (Å²) in [4.78, 5) is 26.6. The fourth-order valence-corrected chi connectivity index (χ4v) is 4.91. The molecule has 2 atom stereocenters. The highest BCUT2D eigenvalue weighted by atomic mass is 32.2. The molecule has 1 N–H and O–H groups in total. The Kier molecular flexibility index (Phi) is 5.12. The zero-order valence-corrected chi connectivity index (χ0v) is 14.8. The summed E-state index contributed by atoms with van der Waals surface area (Å²) in [6.45, 7) is 1.43. The highest BCUT2D eigenvalue weighted by Gasteiger charge is 2.45. The molecule has 2 heterocycles. The van der Waals surface area contributed by atoms with E-state index >= 15 is 0 Å². The smallest absolute Gasteiger partial charge is 0.253 e. The molecule has 0 radical (unpaired) electrons. The quantitative estimate of drug-likeness (QED) is 0.622. The fourth-order valence-electron chi connectivity index (χ4n) is 3.42. The number of rotatable bonds is 6. The third-order valence-electron chi connectivity index (χ3n) is 4.91. The lowest BCUT2D eigenvalue weighted by atomic mass is 10.1. The largest absolute Gasteiger partial charge is 0.385 e. The highest BCUT2D eigenvalue weighted by Crippen LogP contribution is 2.30. The molecular formula is C15H25N3O5S. The highest BCUT2D eigenvalue weighted by molar-refractivity contribution is 7.89. The second-order valence-corrected chi connectivity index (χ2v) is 8.81. The van der Waals surface area contributed by atoms with Crippen LogP contribution < -0.4 is 5.32 Å². The SMILES string of the molecule is COCCCN1C(=O)[C@@H]2C[C@H](NC(=O)C3CC3)CN2CCS1(=O)=O. The van der Waals surface area contributed by atoms with Crippen molar-refractivity contribution in [2.24, 2.45) is 5.92 Å². The molecule has 8 nitrogen and oxygen atoms in total. The van der Waals surface area contributed by atoms with Crippen LogP contribution in [-0.4, -0.2) is 80.6 Å². The van der Waals surface area contributed by atoms with E-state index in [0.717, 1.165) is 17.1 Å². The van der Waals surface area contributed by atoms with E-state index in [2.05, 4.69) is 5.32 Å². The molecule has 24 heavy (non-hydrogen) atoms. The van der Waals surface area contributed by atoms with Crippen LogP contribution in [0.2, 0.25) is 0 Å². The van der Waals surface area contributed by atoms with Crippen LogP contribution in [0.5, 0.6) is 0 Å². The van der Waals surface area contributed by atoms with E-state index in [9.17, 15) is 18.0 Å². The number of hydrogen-bond acceptors (Lipinski definition) is 6. The minimum atomic E-state index is -3.58. The lowest BCUT2D eigenvalue weighted by molar-refractivity contribution is -0.130. The van der Waals surface area contributed by atoms with Crippen LogP contribution in [0.15, 0.2) is 0 Å². The minimum absolute atomic E-state index is 0.0640. The lowest BCUT2D eigenvalue weighted by Gasteiger charge is -2.23. The van der Waals surface area contributed by atoms with Gasteiger partial charge in [-0.3, -0.25) is 14.5 Å². The normalized spacial score (nSPS) is 30.0. The van der Waals surface area contributed by atoms with E-state index in [1.54, 1.807) is 7.11 Å². The molecular weight excluding hydrogens is 334 g/mol. The molecule has 0 unspecified atom stereocenters. The Morgan fingerprint density at radius 2 is 2.12 bits per heavy atom. The topological polar surface area (TPSA) is 96.0 Å². The van der Waals surface area contributed by atoms with Gasteiger partial charge in [0.25, 0.3) is 5.91 Å². The van der Waals surface area contributed by atoms with Gasteiger partial charge in [0.15, 0.2) is 0 Å². The van der Waals surface area contributed by atoms with E-state index < -0.39 is 16.1 Å². The summed E-state index contributed by atoms with van der Waals surface area (Å²) in [6.07, 6.45) is 2.84. The number of methoxy groups -OCH3 is 1. The number of fused-ring (bicyclic) bond motifs is 1. The lowest BCUT2D eigenvalue weighted by Crippen LogP contribution is -2.44. The van der Waals surface area contributed by atoms with E-state index in [1.807, 2.05) is 4.90 Å². The Hall–Kier alpha value is -1.19. The summed E-state index contributed by atoms with van der Waals surface area (Å²) in [5, 5.41) is 3.01. The maximum absolute atomic E-state index is 12.8. The number of carbonyl (C=O) groups is 2. The molecule has 3 aliphatic rings. The van der Waals surface area contributed by atoms with Crippen LogP contribution in [0.3, 0.4) is 0 Å². The van der Waals surface area contributed by atoms with Gasteiger partial charge in [-0.2, -0.15) is 0 Å². The maximum Gasteiger partial charge on any atom is 0.253 e.